The molecule has 0 radical (unpaired) electrons. The molecule has 1 rings (SSSR count). The Morgan fingerprint density at radius 2 is 2.26 bits per heavy atom. The van der Waals surface area contributed by atoms with Crippen LogP contribution in [0.5, 0.6) is 0 Å². The Morgan fingerprint density at radius 3 is 2.79 bits per heavy atom. The number of ether oxygens (including phenoxy) is 1. The van der Waals surface area contributed by atoms with E-state index in [2.05, 4.69) is 4.98 Å². The minimum atomic E-state index is -0.492. The monoisotopic (exact) mass is 267 g/mol. The highest BCUT2D eigenvalue weighted by atomic mass is 16.6. The van der Waals surface area contributed by atoms with Gasteiger partial charge in [0.05, 0.1) is 17.6 Å². The standard InChI is InChI=1S/C12H17N3O4/c1-4-19-12(16)8-14(9(2)3)11-7-10(15(17)18)5-6-13-11/h5-7,9H,4,8H2,1-3H3. The zero-order chi connectivity index (χ0) is 14.4. The molecule has 1 aromatic heterocycles. The van der Waals surface area contributed by atoms with Gasteiger partial charge in [-0.3, -0.25) is 14.9 Å². The molecular formula is C12H17N3O4. The zero-order valence-corrected chi connectivity index (χ0v) is 11.2. The van der Waals surface area contributed by atoms with E-state index in [4.69, 9.17) is 4.74 Å². The topological polar surface area (TPSA) is 85.6 Å². The second-order valence-corrected chi connectivity index (χ2v) is 4.16. The van der Waals surface area contributed by atoms with Crippen LogP contribution in [0.15, 0.2) is 18.3 Å². The summed E-state index contributed by atoms with van der Waals surface area (Å²) in [5, 5.41) is 10.7. The van der Waals surface area contributed by atoms with E-state index < -0.39 is 4.92 Å². The first-order chi connectivity index (χ1) is 8.95. The summed E-state index contributed by atoms with van der Waals surface area (Å²) in [6.45, 7) is 5.79. The summed E-state index contributed by atoms with van der Waals surface area (Å²) in [5.41, 5.74) is -0.0560. The Kier molecular flexibility index (Phi) is 5.23. The summed E-state index contributed by atoms with van der Waals surface area (Å²) in [5.74, 6) is 0.00163. The van der Waals surface area contributed by atoms with E-state index in [1.807, 2.05) is 13.8 Å². The molecule has 0 amide bonds. The first-order valence-corrected chi connectivity index (χ1v) is 5.98. The molecule has 7 heteroatoms. The average molecular weight is 267 g/mol. The third-order valence-electron chi connectivity index (χ3n) is 2.46. The van der Waals surface area contributed by atoms with E-state index in [0.717, 1.165) is 0 Å². The molecule has 19 heavy (non-hydrogen) atoms. The Hall–Kier alpha value is -2.18. The molecule has 0 N–H and O–H groups in total. The summed E-state index contributed by atoms with van der Waals surface area (Å²) < 4.78 is 4.88. The smallest absolute Gasteiger partial charge is 0.325 e. The number of anilines is 1. The molecule has 0 saturated heterocycles. The molecule has 0 bridgehead atoms. The van der Waals surface area contributed by atoms with Crippen LogP contribution in [0.25, 0.3) is 0 Å². The lowest BCUT2D eigenvalue weighted by Crippen LogP contribution is -2.37. The van der Waals surface area contributed by atoms with E-state index in [1.165, 1.54) is 18.3 Å². The lowest BCUT2D eigenvalue weighted by atomic mass is 10.3. The third kappa shape index (κ3) is 4.20. The largest absolute Gasteiger partial charge is 0.465 e. The number of rotatable bonds is 6. The van der Waals surface area contributed by atoms with Crippen LogP contribution in [0.1, 0.15) is 20.8 Å². The summed E-state index contributed by atoms with van der Waals surface area (Å²) in [4.78, 5) is 27.5. The highest BCUT2D eigenvalue weighted by molar-refractivity contribution is 5.75. The first-order valence-electron chi connectivity index (χ1n) is 5.98. The maximum absolute atomic E-state index is 11.5. The van der Waals surface area contributed by atoms with Crippen molar-refractivity contribution in [2.45, 2.75) is 26.8 Å². The van der Waals surface area contributed by atoms with E-state index >= 15 is 0 Å². The Balaban J connectivity index is 2.96. The predicted molar refractivity (Wildman–Crippen MR) is 70.0 cm³/mol. The van der Waals surface area contributed by atoms with E-state index in [0.29, 0.717) is 12.4 Å². The second-order valence-electron chi connectivity index (χ2n) is 4.16. The number of carbonyl (C=O) groups is 1. The van der Waals surface area contributed by atoms with Crippen molar-refractivity contribution in [1.82, 2.24) is 4.98 Å². The number of hydrogen-bond donors (Lipinski definition) is 0. The van der Waals surface area contributed by atoms with E-state index in [-0.39, 0.29) is 24.2 Å². The number of aromatic nitrogens is 1. The summed E-state index contributed by atoms with van der Waals surface area (Å²) >= 11 is 0. The minimum absolute atomic E-state index is 0.0136. The van der Waals surface area contributed by atoms with Gasteiger partial charge in [0.1, 0.15) is 12.4 Å². The van der Waals surface area contributed by atoms with Gasteiger partial charge in [-0.25, -0.2) is 4.98 Å². The lowest BCUT2D eigenvalue weighted by Gasteiger charge is -2.26. The summed E-state index contributed by atoms with van der Waals surface area (Å²) in [7, 11) is 0. The van der Waals surface area contributed by atoms with Gasteiger partial charge in [0.15, 0.2) is 0 Å². The number of carbonyl (C=O) groups excluding carboxylic acids is 1. The molecule has 1 heterocycles. The minimum Gasteiger partial charge on any atom is -0.465 e. The molecule has 0 atom stereocenters. The molecule has 1 aromatic rings. The van der Waals surface area contributed by atoms with Crippen molar-refractivity contribution in [3.05, 3.63) is 28.4 Å². The van der Waals surface area contributed by atoms with Crippen LogP contribution in [-0.2, 0) is 9.53 Å². The predicted octanol–water partition coefficient (Wildman–Crippen LogP) is 1.77. The fourth-order valence-corrected chi connectivity index (χ4v) is 1.55. The molecule has 0 spiro atoms. The number of esters is 1. The number of nitro groups is 1. The number of pyridine rings is 1. The van der Waals surface area contributed by atoms with E-state index in [1.54, 1.807) is 11.8 Å². The second kappa shape index (κ2) is 6.67. The van der Waals surface area contributed by atoms with Crippen molar-refractivity contribution in [1.29, 1.82) is 0 Å². The average Bonchev–Trinajstić information content (AvgIpc) is 2.36. The van der Waals surface area contributed by atoms with Gasteiger partial charge < -0.3 is 9.64 Å². The Bertz CT molecular complexity index is 462. The fourth-order valence-electron chi connectivity index (χ4n) is 1.55. The zero-order valence-electron chi connectivity index (χ0n) is 11.2. The quantitative estimate of drug-likeness (QED) is 0.443. The molecule has 0 saturated carbocycles. The maximum Gasteiger partial charge on any atom is 0.325 e. The molecule has 0 unspecified atom stereocenters. The van der Waals surface area contributed by atoms with Gasteiger partial charge in [-0.15, -0.1) is 0 Å². The SMILES string of the molecule is CCOC(=O)CN(c1cc([N+](=O)[O-])ccn1)C(C)C. The molecule has 0 aliphatic carbocycles. The molecular weight excluding hydrogens is 250 g/mol. The Morgan fingerprint density at radius 1 is 1.58 bits per heavy atom. The summed E-state index contributed by atoms with van der Waals surface area (Å²) in [6.07, 6.45) is 1.36. The van der Waals surface area contributed by atoms with Crippen LogP contribution >= 0.6 is 0 Å². The normalized spacial score (nSPS) is 10.3. The number of hydrogen-bond acceptors (Lipinski definition) is 6. The van der Waals surface area contributed by atoms with Crippen LogP contribution in [-0.4, -0.2) is 35.1 Å². The van der Waals surface area contributed by atoms with Gasteiger partial charge in [0, 0.05) is 18.3 Å². The van der Waals surface area contributed by atoms with Gasteiger partial charge in [-0.1, -0.05) is 0 Å². The molecule has 104 valence electrons. The van der Waals surface area contributed by atoms with Crippen LogP contribution < -0.4 is 4.90 Å². The summed E-state index contributed by atoms with van der Waals surface area (Å²) in [6, 6.07) is 2.63. The van der Waals surface area contributed by atoms with Gasteiger partial charge >= 0.3 is 5.97 Å². The van der Waals surface area contributed by atoms with Crippen molar-refractivity contribution in [2.24, 2.45) is 0 Å². The first kappa shape index (κ1) is 14.9. The van der Waals surface area contributed by atoms with Crippen LogP contribution in [0.2, 0.25) is 0 Å². The molecule has 0 fully saturated rings. The third-order valence-corrected chi connectivity index (χ3v) is 2.46. The number of nitrogens with zero attached hydrogens (tertiary/aromatic N) is 3. The highest BCUT2D eigenvalue weighted by Crippen LogP contribution is 2.19. The molecule has 0 aliphatic heterocycles. The molecule has 0 aromatic carbocycles. The Labute approximate surface area is 111 Å². The van der Waals surface area contributed by atoms with Crippen LogP contribution in [0.3, 0.4) is 0 Å². The van der Waals surface area contributed by atoms with Crippen LogP contribution in [0.4, 0.5) is 11.5 Å². The van der Waals surface area contributed by atoms with Crippen molar-refractivity contribution in [2.75, 3.05) is 18.1 Å². The van der Waals surface area contributed by atoms with E-state index in [9.17, 15) is 14.9 Å². The van der Waals surface area contributed by atoms with Gasteiger partial charge in [0.25, 0.3) is 5.69 Å². The van der Waals surface area contributed by atoms with Gasteiger partial charge in [-0.05, 0) is 20.8 Å². The van der Waals surface area contributed by atoms with Crippen molar-refractivity contribution >= 4 is 17.5 Å². The van der Waals surface area contributed by atoms with Crippen LogP contribution in [0, 0.1) is 10.1 Å². The highest BCUT2D eigenvalue weighted by Gasteiger charge is 2.19. The lowest BCUT2D eigenvalue weighted by molar-refractivity contribution is -0.384. The fraction of sp³-hybridized carbons (Fsp3) is 0.500. The van der Waals surface area contributed by atoms with Gasteiger partial charge in [0.2, 0.25) is 0 Å². The van der Waals surface area contributed by atoms with Gasteiger partial charge in [-0.2, -0.15) is 0 Å². The molecule has 7 nitrogen and oxygen atoms in total. The van der Waals surface area contributed by atoms with Crippen molar-refractivity contribution in [3.63, 3.8) is 0 Å². The van der Waals surface area contributed by atoms with Crippen molar-refractivity contribution < 1.29 is 14.5 Å². The molecule has 0 aliphatic rings. The maximum atomic E-state index is 11.5. The van der Waals surface area contributed by atoms with Crippen molar-refractivity contribution in [3.8, 4) is 0 Å².